The fourth-order valence-corrected chi connectivity index (χ4v) is 5.45. The number of rotatable bonds is 13. The Morgan fingerprint density at radius 3 is 2.00 bits per heavy atom. The Balaban J connectivity index is 2.03. The molecular weight excluding hydrogens is 598 g/mol. The number of ether oxygens (including phenoxy) is 3. The molecule has 252 valence electrons. The molecule has 2 unspecified atom stereocenters. The highest BCUT2D eigenvalue weighted by Crippen LogP contribution is 2.30. The van der Waals surface area contributed by atoms with Gasteiger partial charge in [0.05, 0.1) is 25.0 Å². The third-order valence-electron chi connectivity index (χ3n) is 7.67. The van der Waals surface area contributed by atoms with Gasteiger partial charge in [0.15, 0.2) is 0 Å². The summed E-state index contributed by atoms with van der Waals surface area (Å²) in [4.78, 5) is 66.3. The lowest BCUT2D eigenvalue weighted by molar-refractivity contribution is -0.168. The molecular formula is C38H47NO8. The molecule has 9 heteroatoms. The van der Waals surface area contributed by atoms with Crippen LogP contribution in [0, 0.1) is 5.92 Å². The van der Waals surface area contributed by atoms with Crippen molar-refractivity contribution in [2.24, 2.45) is 5.92 Å². The smallest absolute Gasteiger partial charge is 0.337 e. The summed E-state index contributed by atoms with van der Waals surface area (Å²) in [6, 6.07) is 20.1. The average molecular weight is 646 g/mol. The van der Waals surface area contributed by atoms with E-state index in [0.29, 0.717) is 5.56 Å². The van der Waals surface area contributed by atoms with Gasteiger partial charge in [-0.05, 0) is 88.6 Å². The van der Waals surface area contributed by atoms with Crippen molar-refractivity contribution in [1.82, 2.24) is 4.90 Å². The van der Waals surface area contributed by atoms with Crippen molar-refractivity contribution in [3.8, 4) is 0 Å². The topological polar surface area (TPSA) is 116 Å². The molecule has 0 bridgehead atoms. The summed E-state index contributed by atoms with van der Waals surface area (Å²) < 4.78 is 15.9. The van der Waals surface area contributed by atoms with E-state index in [-0.39, 0.29) is 31.7 Å². The monoisotopic (exact) mass is 645 g/mol. The molecule has 47 heavy (non-hydrogen) atoms. The second-order valence-corrected chi connectivity index (χ2v) is 13.8. The van der Waals surface area contributed by atoms with Crippen LogP contribution < -0.4 is 0 Å². The first-order chi connectivity index (χ1) is 22.0. The Morgan fingerprint density at radius 1 is 0.809 bits per heavy atom. The number of esters is 3. The largest absolute Gasteiger partial charge is 0.465 e. The van der Waals surface area contributed by atoms with Gasteiger partial charge in [-0.15, -0.1) is 0 Å². The second kappa shape index (κ2) is 15.8. The Labute approximate surface area is 277 Å². The van der Waals surface area contributed by atoms with E-state index >= 15 is 0 Å². The molecule has 0 heterocycles. The number of fused-ring (bicyclic) bond motifs is 1. The zero-order chi connectivity index (χ0) is 34.9. The van der Waals surface area contributed by atoms with Gasteiger partial charge < -0.3 is 23.9 Å². The van der Waals surface area contributed by atoms with Crippen molar-refractivity contribution in [1.29, 1.82) is 0 Å². The van der Waals surface area contributed by atoms with Crippen molar-refractivity contribution in [2.75, 3.05) is 7.11 Å². The predicted molar refractivity (Wildman–Crippen MR) is 180 cm³/mol. The summed E-state index contributed by atoms with van der Waals surface area (Å²) in [7, 11) is 1.30. The molecule has 0 saturated heterocycles. The number of nitrogens with zero attached hydrogens (tertiary/aromatic N) is 1. The molecule has 3 rings (SSSR count). The number of amides is 1. The molecule has 0 fully saturated rings. The zero-order valence-corrected chi connectivity index (χ0v) is 28.7. The molecule has 3 aromatic rings. The Kier molecular flexibility index (Phi) is 12.5. The van der Waals surface area contributed by atoms with Crippen LogP contribution >= 0.6 is 0 Å². The number of methoxy groups -OCH3 is 1. The molecule has 0 N–H and O–H groups in total. The minimum absolute atomic E-state index is 0.105. The molecule has 3 atom stereocenters. The van der Waals surface area contributed by atoms with Gasteiger partial charge >= 0.3 is 17.9 Å². The van der Waals surface area contributed by atoms with Crippen LogP contribution in [0.5, 0.6) is 0 Å². The van der Waals surface area contributed by atoms with Crippen molar-refractivity contribution in [3.05, 3.63) is 83.4 Å². The molecule has 0 spiro atoms. The van der Waals surface area contributed by atoms with E-state index in [9.17, 15) is 24.0 Å². The minimum atomic E-state index is -1.09. The van der Waals surface area contributed by atoms with Gasteiger partial charge in [-0.2, -0.15) is 0 Å². The zero-order valence-electron chi connectivity index (χ0n) is 28.7. The van der Waals surface area contributed by atoms with Gasteiger partial charge in [0.2, 0.25) is 5.91 Å². The molecule has 0 radical (unpaired) electrons. The molecule has 0 aliphatic rings. The highest BCUT2D eigenvalue weighted by molar-refractivity contribution is 5.89. The highest BCUT2D eigenvalue weighted by atomic mass is 16.6. The third kappa shape index (κ3) is 11.0. The SMILES string of the molecule is COC(=O)c1ccc(C(CC=O)C(C)N(Cc2ccc3ccccc3c2)C(=O)C[C@H](CC(=O)OC(C)(C)C)C(=O)OC(C)(C)C)cc1. The van der Waals surface area contributed by atoms with E-state index in [1.807, 2.05) is 49.4 Å². The molecule has 0 aromatic heterocycles. The van der Waals surface area contributed by atoms with Crippen molar-refractivity contribution >= 4 is 40.9 Å². The maximum Gasteiger partial charge on any atom is 0.337 e. The molecule has 0 aliphatic carbocycles. The van der Waals surface area contributed by atoms with Crippen LogP contribution in [-0.2, 0) is 39.9 Å². The fourth-order valence-electron chi connectivity index (χ4n) is 5.45. The standard InChI is InChI=1S/C38H47NO8/c1-25(32(19-20-40)28-15-17-29(18-16-28)35(43)45-8)39(24-26-13-14-27-11-9-10-12-30(27)21-26)33(41)22-31(36(44)47-38(5,6)7)23-34(42)46-37(2,3)4/h9-18,20-21,25,31-32H,19,22-24H2,1-8H3/t25?,31-,32?/m1/s1. The lowest BCUT2D eigenvalue weighted by atomic mass is 9.87. The maximum absolute atomic E-state index is 14.3. The first kappa shape index (κ1) is 36.9. The van der Waals surface area contributed by atoms with E-state index in [1.165, 1.54) is 7.11 Å². The van der Waals surface area contributed by atoms with E-state index in [4.69, 9.17) is 14.2 Å². The number of hydrogen-bond acceptors (Lipinski definition) is 8. The van der Waals surface area contributed by atoms with E-state index in [2.05, 4.69) is 0 Å². The lowest BCUT2D eigenvalue weighted by Gasteiger charge is -2.36. The van der Waals surface area contributed by atoms with Gasteiger partial charge in [-0.25, -0.2) is 4.79 Å². The number of carbonyl (C=O) groups excluding carboxylic acids is 5. The van der Waals surface area contributed by atoms with Crippen molar-refractivity contribution in [3.63, 3.8) is 0 Å². The third-order valence-corrected chi connectivity index (χ3v) is 7.67. The van der Waals surface area contributed by atoms with E-state index < -0.39 is 47.0 Å². The van der Waals surface area contributed by atoms with Crippen LogP contribution in [0.25, 0.3) is 10.8 Å². The van der Waals surface area contributed by atoms with Crippen LogP contribution in [0.15, 0.2) is 66.7 Å². The first-order valence-electron chi connectivity index (χ1n) is 15.8. The highest BCUT2D eigenvalue weighted by Gasteiger charge is 2.35. The maximum atomic E-state index is 14.3. The van der Waals surface area contributed by atoms with Gasteiger partial charge in [-0.1, -0.05) is 48.5 Å². The Bertz CT molecular complexity index is 1570. The van der Waals surface area contributed by atoms with Crippen molar-refractivity contribution in [2.45, 2.75) is 97.4 Å². The van der Waals surface area contributed by atoms with E-state index in [0.717, 1.165) is 28.2 Å². The van der Waals surface area contributed by atoms with Crippen molar-refractivity contribution < 1.29 is 38.2 Å². The Morgan fingerprint density at radius 2 is 1.43 bits per heavy atom. The minimum Gasteiger partial charge on any atom is -0.465 e. The van der Waals surface area contributed by atoms with E-state index in [1.54, 1.807) is 70.7 Å². The quantitative estimate of drug-likeness (QED) is 0.113. The second-order valence-electron chi connectivity index (χ2n) is 13.8. The van der Waals surface area contributed by atoms with Crippen LogP contribution in [0.3, 0.4) is 0 Å². The molecule has 1 amide bonds. The van der Waals surface area contributed by atoms with Crippen LogP contribution in [0.2, 0.25) is 0 Å². The van der Waals surface area contributed by atoms with Crippen LogP contribution in [0.4, 0.5) is 0 Å². The first-order valence-corrected chi connectivity index (χ1v) is 15.8. The number of aldehydes is 1. The average Bonchev–Trinajstić information content (AvgIpc) is 2.99. The number of carbonyl (C=O) groups is 5. The summed E-state index contributed by atoms with van der Waals surface area (Å²) in [5.41, 5.74) is 0.360. The molecule has 0 saturated carbocycles. The van der Waals surface area contributed by atoms with Gasteiger partial charge in [0.1, 0.15) is 17.5 Å². The normalized spacial score (nSPS) is 13.6. The summed E-state index contributed by atoms with van der Waals surface area (Å²) in [6.45, 7) is 12.4. The molecule has 9 nitrogen and oxygen atoms in total. The number of benzene rings is 3. The summed E-state index contributed by atoms with van der Waals surface area (Å²) in [5, 5.41) is 2.05. The predicted octanol–water partition coefficient (Wildman–Crippen LogP) is 6.80. The van der Waals surface area contributed by atoms with Gasteiger partial charge in [-0.3, -0.25) is 14.4 Å². The van der Waals surface area contributed by atoms with Crippen LogP contribution in [-0.4, -0.2) is 59.4 Å². The van der Waals surface area contributed by atoms with Gasteiger partial charge in [0, 0.05) is 31.3 Å². The summed E-state index contributed by atoms with van der Waals surface area (Å²) in [6.07, 6.45) is 0.276. The van der Waals surface area contributed by atoms with Gasteiger partial charge in [0.25, 0.3) is 0 Å². The lowest BCUT2D eigenvalue weighted by Crippen LogP contribution is -2.43. The summed E-state index contributed by atoms with van der Waals surface area (Å²) in [5.74, 6) is -3.67. The molecule has 0 aliphatic heterocycles. The number of hydrogen-bond donors (Lipinski definition) is 0. The summed E-state index contributed by atoms with van der Waals surface area (Å²) >= 11 is 0. The fraction of sp³-hybridized carbons (Fsp3) is 0.447. The Hall–Kier alpha value is -4.53. The van der Waals surface area contributed by atoms with Crippen LogP contribution in [0.1, 0.15) is 95.1 Å². The molecule has 3 aromatic carbocycles.